The number of alkyl halides is 1. The van der Waals surface area contributed by atoms with Crippen LogP contribution < -0.4 is 4.74 Å². The van der Waals surface area contributed by atoms with E-state index in [1.807, 2.05) is 32.1 Å². The number of allylic oxidation sites excluding steroid dienone is 3. The predicted octanol–water partition coefficient (Wildman–Crippen LogP) is 4.00. The molecule has 1 aliphatic heterocycles. The Labute approximate surface area is 173 Å². The van der Waals surface area contributed by atoms with Crippen LogP contribution in [0, 0.1) is 12.8 Å². The molecule has 1 heterocycles. The number of aromatic hydroxyl groups is 1. The van der Waals surface area contributed by atoms with E-state index in [-0.39, 0.29) is 29.8 Å². The first kappa shape index (κ1) is 22.0. The van der Waals surface area contributed by atoms with Gasteiger partial charge in [-0.2, -0.15) is 0 Å². The van der Waals surface area contributed by atoms with Gasteiger partial charge < -0.3 is 19.3 Å². The lowest BCUT2D eigenvalue weighted by atomic mass is 9.93. The molecule has 152 valence electrons. The SMILES string of the molecule is COC(=O)C(/C=C/CBr)C/C(C)=C/Cc1c(O)c2c(c(C)c1OC)COC2=O. The number of phenolic OH excluding ortho intramolecular Hbond substituents is 1. The molecule has 0 radical (unpaired) electrons. The second-order valence-corrected chi connectivity index (χ2v) is 7.23. The summed E-state index contributed by atoms with van der Waals surface area (Å²) in [6.07, 6.45) is 6.44. The van der Waals surface area contributed by atoms with Crippen LogP contribution in [0.15, 0.2) is 23.8 Å². The van der Waals surface area contributed by atoms with Gasteiger partial charge in [0.05, 0.1) is 20.1 Å². The van der Waals surface area contributed by atoms with E-state index in [1.165, 1.54) is 14.2 Å². The Bertz CT molecular complexity index is 825. The van der Waals surface area contributed by atoms with Crippen LogP contribution in [0.3, 0.4) is 0 Å². The maximum absolute atomic E-state index is 12.0. The van der Waals surface area contributed by atoms with Gasteiger partial charge >= 0.3 is 11.9 Å². The van der Waals surface area contributed by atoms with Crippen molar-refractivity contribution in [1.29, 1.82) is 0 Å². The van der Waals surface area contributed by atoms with Gasteiger partial charge in [-0.05, 0) is 32.3 Å². The zero-order chi connectivity index (χ0) is 20.8. The average Bonchev–Trinajstić information content (AvgIpc) is 3.08. The normalized spacial score (nSPS) is 14.8. The van der Waals surface area contributed by atoms with Crippen molar-refractivity contribution < 1.29 is 28.9 Å². The van der Waals surface area contributed by atoms with Gasteiger partial charge in [-0.3, -0.25) is 4.79 Å². The zero-order valence-corrected chi connectivity index (χ0v) is 18.1. The van der Waals surface area contributed by atoms with Crippen LogP contribution in [0.5, 0.6) is 11.5 Å². The summed E-state index contributed by atoms with van der Waals surface area (Å²) in [4.78, 5) is 23.9. The number of phenols is 1. The summed E-state index contributed by atoms with van der Waals surface area (Å²) in [6.45, 7) is 3.90. The summed E-state index contributed by atoms with van der Waals surface area (Å²) in [6, 6.07) is 0. The third-order valence-electron chi connectivity index (χ3n) is 4.81. The Kier molecular flexibility index (Phi) is 7.69. The van der Waals surface area contributed by atoms with Crippen LogP contribution in [0.2, 0.25) is 0 Å². The molecule has 0 amide bonds. The van der Waals surface area contributed by atoms with Crippen molar-refractivity contribution in [2.24, 2.45) is 5.92 Å². The van der Waals surface area contributed by atoms with E-state index >= 15 is 0 Å². The van der Waals surface area contributed by atoms with E-state index in [4.69, 9.17) is 14.2 Å². The second-order valence-electron chi connectivity index (χ2n) is 6.59. The smallest absolute Gasteiger partial charge is 0.342 e. The molecular weight excluding hydrogens is 428 g/mol. The number of ether oxygens (including phenoxy) is 3. The molecule has 0 aliphatic carbocycles. The number of esters is 2. The van der Waals surface area contributed by atoms with Crippen LogP contribution in [0.4, 0.5) is 0 Å². The summed E-state index contributed by atoms with van der Waals surface area (Å²) >= 11 is 3.30. The van der Waals surface area contributed by atoms with E-state index in [9.17, 15) is 14.7 Å². The van der Waals surface area contributed by atoms with Gasteiger partial charge in [-0.25, -0.2) is 4.79 Å². The molecule has 0 saturated heterocycles. The fourth-order valence-electron chi connectivity index (χ4n) is 3.33. The van der Waals surface area contributed by atoms with Crippen LogP contribution in [0.25, 0.3) is 0 Å². The quantitative estimate of drug-likeness (QED) is 0.364. The highest BCUT2D eigenvalue weighted by atomic mass is 79.9. The van der Waals surface area contributed by atoms with Gasteiger partial charge in [0.2, 0.25) is 0 Å². The highest BCUT2D eigenvalue weighted by Crippen LogP contribution is 2.42. The van der Waals surface area contributed by atoms with E-state index in [2.05, 4.69) is 15.9 Å². The standard InChI is InChI=1S/C21H25BrO6/c1-12(10-14(6-5-9-22)20(24)27-4)7-8-15-18(23)17-16(11-28-21(17)25)13(2)19(15)26-3/h5-7,14,23H,8-11H2,1-4H3/b6-5+,12-7+. The molecule has 28 heavy (non-hydrogen) atoms. The van der Waals surface area contributed by atoms with Crippen LogP contribution in [0.1, 0.15) is 40.4 Å². The minimum absolute atomic E-state index is 0.104. The number of benzene rings is 1. The number of hydrogen-bond acceptors (Lipinski definition) is 6. The van der Waals surface area contributed by atoms with Crippen molar-refractivity contribution in [2.45, 2.75) is 33.3 Å². The third kappa shape index (κ3) is 4.58. The van der Waals surface area contributed by atoms with Crippen molar-refractivity contribution in [3.8, 4) is 11.5 Å². The fraction of sp³-hybridized carbons (Fsp3) is 0.429. The number of hydrogen-bond donors (Lipinski definition) is 1. The number of cyclic esters (lactones) is 1. The summed E-state index contributed by atoms with van der Waals surface area (Å²) in [7, 11) is 2.90. The zero-order valence-electron chi connectivity index (χ0n) is 16.5. The topological polar surface area (TPSA) is 82.1 Å². The largest absolute Gasteiger partial charge is 0.507 e. The molecule has 1 N–H and O–H groups in total. The summed E-state index contributed by atoms with van der Waals surface area (Å²) < 4.78 is 15.4. The molecule has 0 aromatic heterocycles. The Morgan fingerprint density at radius 1 is 1.39 bits per heavy atom. The highest BCUT2D eigenvalue weighted by Gasteiger charge is 2.31. The van der Waals surface area contributed by atoms with Gasteiger partial charge in [-0.15, -0.1) is 0 Å². The molecule has 1 aliphatic rings. The highest BCUT2D eigenvalue weighted by molar-refractivity contribution is 9.09. The van der Waals surface area contributed by atoms with Crippen molar-refractivity contribution in [2.75, 3.05) is 19.5 Å². The van der Waals surface area contributed by atoms with Crippen LogP contribution in [-0.4, -0.2) is 36.6 Å². The molecule has 1 unspecified atom stereocenters. The first-order chi connectivity index (χ1) is 13.3. The lowest BCUT2D eigenvalue weighted by Crippen LogP contribution is -2.14. The number of rotatable bonds is 8. The van der Waals surface area contributed by atoms with Gasteiger partial charge in [0.1, 0.15) is 23.7 Å². The lowest BCUT2D eigenvalue weighted by molar-refractivity contribution is -0.143. The molecule has 0 fully saturated rings. The van der Waals surface area contributed by atoms with E-state index in [1.54, 1.807) is 0 Å². The molecule has 7 heteroatoms. The fourth-order valence-corrected chi connectivity index (χ4v) is 3.55. The number of carbonyl (C=O) groups excluding carboxylic acids is 2. The maximum Gasteiger partial charge on any atom is 0.342 e. The molecule has 2 rings (SSSR count). The first-order valence-electron chi connectivity index (χ1n) is 8.90. The summed E-state index contributed by atoms with van der Waals surface area (Å²) in [5.74, 6) is -0.770. The number of halogens is 1. The van der Waals surface area contributed by atoms with E-state index in [0.717, 1.165) is 11.1 Å². The Morgan fingerprint density at radius 2 is 2.11 bits per heavy atom. The van der Waals surface area contributed by atoms with E-state index < -0.39 is 5.97 Å². The van der Waals surface area contributed by atoms with Crippen LogP contribution >= 0.6 is 15.9 Å². The average molecular weight is 453 g/mol. The molecule has 1 aromatic carbocycles. The Hall–Kier alpha value is -2.28. The Morgan fingerprint density at radius 3 is 2.71 bits per heavy atom. The number of fused-ring (bicyclic) bond motifs is 1. The monoisotopic (exact) mass is 452 g/mol. The molecule has 1 aromatic rings. The molecule has 1 atom stereocenters. The molecule has 0 bridgehead atoms. The minimum atomic E-state index is -0.522. The first-order valence-corrected chi connectivity index (χ1v) is 10.0. The van der Waals surface area contributed by atoms with Gasteiger partial charge in [0.25, 0.3) is 0 Å². The summed E-state index contributed by atoms with van der Waals surface area (Å²) in [5.41, 5.74) is 3.15. The number of methoxy groups -OCH3 is 2. The minimum Gasteiger partial charge on any atom is -0.507 e. The maximum atomic E-state index is 12.0. The number of carbonyl (C=O) groups is 2. The van der Waals surface area contributed by atoms with Crippen LogP contribution in [-0.2, 0) is 27.3 Å². The molecule has 0 spiro atoms. The van der Waals surface area contributed by atoms with Crippen molar-refractivity contribution in [1.82, 2.24) is 0 Å². The summed E-state index contributed by atoms with van der Waals surface area (Å²) in [5, 5.41) is 11.3. The third-order valence-corrected chi connectivity index (χ3v) is 5.18. The van der Waals surface area contributed by atoms with Crippen molar-refractivity contribution in [3.05, 3.63) is 46.1 Å². The van der Waals surface area contributed by atoms with Gasteiger partial charge in [0.15, 0.2) is 0 Å². The molecule has 6 nitrogen and oxygen atoms in total. The van der Waals surface area contributed by atoms with Gasteiger partial charge in [-0.1, -0.05) is 39.7 Å². The lowest BCUT2D eigenvalue weighted by Gasteiger charge is -2.16. The Balaban J connectivity index is 2.31. The predicted molar refractivity (Wildman–Crippen MR) is 109 cm³/mol. The van der Waals surface area contributed by atoms with Crippen molar-refractivity contribution in [3.63, 3.8) is 0 Å². The van der Waals surface area contributed by atoms with Gasteiger partial charge in [0, 0.05) is 16.5 Å². The second kappa shape index (κ2) is 9.78. The molecule has 0 saturated carbocycles. The molecular formula is C21H25BrO6. The van der Waals surface area contributed by atoms with E-state index in [0.29, 0.717) is 35.0 Å². The van der Waals surface area contributed by atoms with Crippen molar-refractivity contribution >= 4 is 27.9 Å².